The molecule has 0 spiro atoms. The van der Waals surface area contributed by atoms with Gasteiger partial charge in [-0.2, -0.15) is 0 Å². The number of carbonyl (C=O) groups is 2. The van der Waals surface area contributed by atoms with E-state index in [-0.39, 0.29) is 13.2 Å². The van der Waals surface area contributed by atoms with Gasteiger partial charge in [0.05, 0.1) is 0 Å². The van der Waals surface area contributed by atoms with Gasteiger partial charge in [-0.05, 0) is 31.9 Å². The van der Waals surface area contributed by atoms with Crippen molar-refractivity contribution in [3.05, 3.63) is 47.5 Å². The highest BCUT2D eigenvalue weighted by atomic mass is 35.5. The van der Waals surface area contributed by atoms with E-state index in [4.69, 9.17) is 26.8 Å². The van der Waals surface area contributed by atoms with Gasteiger partial charge in [-0.3, -0.25) is 0 Å². The van der Waals surface area contributed by atoms with Gasteiger partial charge in [0.2, 0.25) is 0 Å². The molecule has 7 heteroatoms. The fraction of sp³-hybridized carbons (Fsp3) is 0.412. The predicted molar refractivity (Wildman–Crippen MR) is 92.6 cm³/mol. The molecule has 132 valence electrons. The Kier molecular flexibility index (Phi) is 9.56. The minimum absolute atomic E-state index is 0.0166. The zero-order valence-electron chi connectivity index (χ0n) is 13.5. The Morgan fingerprint density at radius 2 is 2.04 bits per heavy atom. The molecule has 0 fully saturated rings. The molecule has 0 aromatic heterocycles. The summed E-state index contributed by atoms with van der Waals surface area (Å²) in [5, 5.41) is 3.03. The summed E-state index contributed by atoms with van der Waals surface area (Å²) in [4.78, 5) is 23.9. The molecular weight excluding hydrogens is 332 g/mol. The summed E-state index contributed by atoms with van der Waals surface area (Å²) in [5.74, 6) is -0.526. The van der Waals surface area contributed by atoms with Crippen LogP contribution in [0.5, 0.6) is 0 Å². The summed E-state index contributed by atoms with van der Waals surface area (Å²) < 4.78 is 10.1. The minimum Gasteiger partial charge on any atom is -0.460 e. The van der Waals surface area contributed by atoms with Crippen LogP contribution in [0.2, 0.25) is 5.02 Å². The third kappa shape index (κ3) is 7.48. The molecule has 1 amide bonds. The number of ether oxygens (including phenoxy) is 2. The van der Waals surface area contributed by atoms with E-state index in [1.165, 1.54) is 6.08 Å². The molecule has 0 aliphatic carbocycles. The molecule has 0 saturated heterocycles. The Labute approximate surface area is 146 Å². The smallest absolute Gasteiger partial charge is 0.408 e. The standard InChI is InChI=1S/C17H23ClN2O4/c1-2-11-23-16(21)15(9-5-6-10-19)20-17(22)24-12-13-7-3-4-8-14(13)18/h2-4,7-8,15H,1,5-6,9-12,19H2,(H,20,22)/t15-/m0/s1. The number of esters is 1. The molecule has 1 rings (SSSR count). The van der Waals surface area contributed by atoms with Gasteiger partial charge in [-0.15, -0.1) is 0 Å². The van der Waals surface area contributed by atoms with Gasteiger partial charge < -0.3 is 20.5 Å². The molecule has 6 nitrogen and oxygen atoms in total. The number of carbonyl (C=O) groups excluding carboxylic acids is 2. The van der Waals surface area contributed by atoms with Gasteiger partial charge in [-0.25, -0.2) is 9.59 Å². The molecule has 0 aliphatic rings. The molecule has 0 unspecified atom stereocenters. The molecule has 0 aliphatic heterocycles. The summed E-state index contributed by atoms with van der Waals surface area (Å²) >= 11 is 6.00. The Hall–Kier alpha value is -2.05. The first-order valence-electron chi connectivity index (χ1n) is 7.72. The van der Waals surface area contributed by atoms with Gasteiger partial charge in [0, 0.05) is 10.6 Å². The second-order valence-electron chi connectivity index (χ2n) is 5.07. The van der Waals surface area contributed by atoms with Crippen LogP contribution in [0.3, 0.4) is 0 Å². The van der Waals surface area contributed by atoms with Crippen LogP contribution in [0.1, 0.15) is 24.8 Å². The molecule has 1 aromatic rings. The Bertz CT molecular complexity index is 551. The molecule has 0 saturated carbocycles. The van der Waals surface area contributed by atoms with Crippen molar-refractivity contribution in [2.75, 3.05) is 13.2 Å². The van der Waals surface area contributed by atoms with E-state index in [9.17, 15) is 9.59 Å². The van der Waals surface area contributed by atoms with Crippen molar-refractivity contribution < 1.29 is 19.1 Å². The van der Waals surface area contributed by atoms with E-state index >= 15 is 0 Å². The largest absolute Gasteiger partial charge is 0.460 e. The number of unbranched alkanes of at least 4 members (excludes halogenated alkanes) is 1. The third-order valence-electron chi connectivity index (χ3n) is 3.18. The Balaban J connectivity index is 2.53. The number of nitrogens with one attached hydrogen (secondary N) is 1. The van der Waals surface area contributed by atoms with E-state index in [1.807, 2.05) is 0 Å². The lowest BCUT2D eigenvalue weighted by molar-refractivity contribution is -0.145. The van der Waals surface area contributed by atoms with Crippen molar-refractivity contribution >= 4 is 23.7 Å². The van der Waals surface area contributed by atoms with Crippen molar-refractivity contribution in [2.45, 2.75) is 31.9 Å². The number of alkyl carbamates (subject to hydrolysis) is 1. The van der Waals surface area contributed by atoms with E-state index < -0.39 is 18.1 Å². The highest BCUT2D eigenvalue weighted by Crippen LogP contribution is 2.15. The zero-order chi connectivity index (χ0) is 17.8. The highest BCUT2D eigenvalue weighted by Gasteiger charge is 2.22. The lowest BCUT2D eigenvalue weighted by atomic mass is 10.1. The first kappa shape index (κ1) is 20.0. The van der Waals surface area contributed by atoms with Crippen molar-refractivity contribution in [3.63, 3.8) is 0 Å². The van der Waals surface area contributed by atoms with Crippen LogP contribution in [0.25, 0.3) is 0 Å². The Morgan fingerprint density at radius 3 is 2.71 bits per heavy atom. The fourth-order valence-corrected chi connectivity index (χ4v) is 2.12. The van der Waals surface area contributed by atoms with E-state index in [2.05, 4.69) is 11.9 Å². The van der Waals surface area contributed by atoms with Crippen LogP contribution in [0.4, 0.5) is 4.79 Å². The number of amides is 1. The summed E-state index contributed by atoms with van der Waals surface area (Å²) in [6, 6.07) is 6.27. The predicted octanol–water partition coefficient (Wildman–Crippen LogP) is 2.79. The summed E-state index contributed by atoms with van der Waals surface area (Å²) in [6.45, 7) is 4.10. The van der Waals surface area contributed by atoms with Gasteiger partial charge in [-0.1, -0.05) is 42.5 Å². The Morgan fingerprint density at radius 1 is 1.29 bits per heavy atom. The number of benzene rings is 1. The van der Waals surface area contributed by atoms with E-state index in [0.717, 1.165) is 6.42 Å². The molecule has 3 N–H and O–H groups in total. The molecular formula is C17H23ClN2O4. The average molecular weight is 355 g/mol. The normalized spacial score (nSPS) is 11.4. The summed E-state index contributed by atoms with van der Waals surface area (Å²) in [7, 11) is 0. The number of rotatable bonds is 10. The maximum Gasteiger partial charge on any atom is 0.408 e. The van der Waals surface area contributed by atoms with Crippen molar-refractivity contribution in [1.29, 1.82) is 0 Å². The van der Waals surface area contributed by atoms with Crippen molar-refractivity contribution in [2.24, 2.45) is 5.73 Å². The van der Waals surface area contributed by atoms with Crippen LogP contribution in [0.15, 0.2) is 36.9 Å². The number of halogens is 1. The minimum atomic E-state index is -0.782. The van der Waals surface area contributed by atoms with Crippen LogP contribution in [0, 0.1) is 0 Å². The SMILES string of the molecule is C=CCOC(=O)[C@H](CCCCN)NC(=O)OCc1ccccc1Cl. The average Bonchev–Trinajstić information content (AvgIpc) is 2.58. The zero-order valence-corrected chi connectivity index (χ0v) is 14.3. The first-order chi connectivity index (χ1) is 11.6. The summed E-state index contributed by atoms with van der Waals surface area (Å²) in [5.41, 5.74) is 6.13. The van der Waals surface area contributed by atoms with Gasteiger partial charge in [0.15, 0.2) is 0 Å². The van der Waals surface area contributed by atoms with Crippen LogP contribution in [-0.4, -0.2) is 31.3 Å². The monoisotopic (exact) mass is 354 g/mol. The maximum absolute atomic E-state index is 12.0. The number of hydrogen-bond acceptors (Lipinski definition) is 5. The lowest BCUT2D eigenvalue weighted by Gasteiger charge is -2.17. The van der Waals surface area contributed by atoms with Crippen LogP contribution < -0.4 is 11.1 Å². The molecule has 1 atom stereocenters. The first-order valence-corrected chi connectivity index (χ1v) is 8.10. The topological polar surface area (TPSA) is 90.6 Å². The molecule has 1 aromatic carbocycles. The fourth-order valence-electron chi connectivity index (χ4n) is 1.93. The van der Waals surface area contributed by atoms with Gasteiger partial charge >= 0.3 is 12.1 Å². The van der Waals surface area contributed by atoms with E-state index in [0.29, 0.717) is 30.0 Å². The molecule has 0 radical (unpaired) electrons. The van der Waals surface area contributed by atoms with Gasteiger partial charge in [0.1, 0.15) is 19.3 Å². The second kappa shape index (κ2) is 11.5. The van der Waals surface area contributed by atoms with Crippen LogP contribution >= 0.6 is 11.6 Å². The summed E-state index contributed by atoms with van der Waals surface area (Å²) in [6.07, 6.45) is 2.62. The molecule has 0 heterocycles. The lowest BCUT2D eigenvalue weighted by Crippen LogP contribution is -2.42. The maximum atomic E-state index is 12.0. The van der Waals surface area contributed by atoms with Crippen LogP contribution in [-0.2, 0) is 20.9 Å². The third-order valence-corrected chi connectivity index (χ3v) is 3.55. The number of nitrogens with two attached hydrogens (primary N) is 1. The number of hydrogen-bond donors (Lipinski definition) is 2. The molecule has 0 bridgehead atoms. The quantitative estimate of drug-likeness (QED) is 0.383. The van der Waals surface area contributed by atoms with E-state index in [1.54, 1.807) is 24.3 Å². The van der Waals surface area contributed by atoms with Crippen molar-refractivity contribution in [1.82, 2.24) is 5.32 Å². The second-order valence-corrected chi connectivity index (χ2v) is 5.47. The molecule has 24 heavy (non-hydrogen) atoms. The highest BCUT2D eigenvalue weighted by molar-refractivity contribution is 6.31. The van der Waals surface area contributed by atoms with Crippen molar-refractivity contribution in [3.8, 4) is 0 Å². The van der Waals surface area contributed by atoms with Gasteiger partial charge in [0.25, 0.3) is 0 Å².